The molecule has 3 aromatic rings. The van der Waals surface area contributed by atoms with Crippen molar-refractivity contribution in [3.05, 3.63) is 84.2 Å². The molecule has 4 heteroatoms. The highest BCUT2D eigenvalue weighted by Gasteiger charge is 2.07. The van der Waals surface area contributed by atoms with E-state index in [1.54, 1.807) is 6.20 Å². The number of aromatic nitrogens is 1. The predicted octanol–water partition coefficient (Wildman–Crippen LogP) is 6.41. The zero-order valence-corrected chi connectivity index (χ0v) is 17.1. The van der Waals surface area contributed by atoms with Crippen LogP contribution in [0, 0.1) is 5.92 Å². The first kappa shape index (κ1) is 20.6. The minimum absolute atomic E-state index is 0.201. The van der Waals surface area contributed by atoms with Crippen LogP contribution in [0.1, 0.15) is 49.2 Å². The first-order valence-corrected chi connectivity index (χ1v) is 10.1. The summed E-state index contributed by atoms with van der Waals surface area (Å²) in [6.07, 6.45) is 4.38. The summed E-state index contributed by atoms with van der Waals surface area (Å²) in [7, 11) is 0. The number of rotatable bonds is 10. The molecule has 1 heterocycles. The van der Waals surface area contributed by atoms with Gasteiger partial charge >= 0.3 is 0 Å². The minimum Gasteiger partial charge on any atom is -0.487 e. The summed E-state index contributed by atoms with van der Waals surface area (Å²) in [5.41, 5.74) is 3.50. The van der Waals surface area contributed by atoms with Crippen molar-refractivity contribution in [3.8, 4) is 5.75 Å². The van der Waals surface area contributed by atoms with E-state index in [-0.39, 0.29) is 5.78 Å². The Morgan fingerprint density at radius 2 is 1.83 bits per heavy atom. The number of Topliss-reactive ketones (excluding diaryl/α,β-unsaturated/α-hetero) is 1. The van der Waals surface area contributed by atoms with Crippen molar-refractivity contribution in [2.75, 3.05) is 5.32 Å². The second-order valence-electron chi connectivity index (χ2n) is 7.55. The molecule has 29 heavy (non-hydrogen) atoms. The Morgan fingerprint density at radius 1 is 1.00 bits per heavy atom. The highest BCUT2D eigenvalue weighted by atomic mass is 16.5. The Bertz CT molecular complexity index is 906. The van der Waals surface area contributed by atoms with E-state index in [2.05, 4.69) is 24.1 Å². The van der Waals surface area contributed by atoms with Crippen molar-refractivity contribution in [1.29, 1.82) is 0 Å². The Labute approximate surface area is 173 Å². The highest BCUT2D eigenvalue weighted by Crippen LogP contribution is 2.22. The zero-order chi connectivity index (χ0) is 20.5. The maximum atomic E-state index is 12.4. The van der Waals surface area contributed by atoms with Crippen LogP contribution >= 0.6 is 0 Å². The van der Waals surface area contributed by atoms with E-state index in [0.717, 1.165) is 41.2 Å². The summed E-state index contributed by atoms with van der Waals surface area (Å²) < 4.78 is 5.77. The first-order valence-electron chi connectivity index (χ1n) is 10.1. The normalized spacial score (nSPS) is 10.7. The molecule has 0 saturated carbocycles. The average molecular weight is 389 g/mol. The molecule has 0 atom stereocenters. The van der Waals surface area contributed by atoms with Crippen molar-refractivity contribution in [2.45, 2.75) is 39.7 Å². The number of nitrogens with one attached hydrogen (secondary N) is 1. The number of nitrogens with zero attached hydrogens (tertiary/aromatic N) is 1. The Morgan fingerprint density at radius 3 is 2.55 bits per heavy atom. The van der Waals surface area contributed by atoms with Gasteiger partial charge in [-0.05, 0) is 60.9 Å². The fourth-order valence-electron chi connectivity index (χ4n) is 3.03. The van der Waals surface area contributed by atoms with Gasteiger partial charge in [0.25, 0.3) is 0 Å². The van der Waals surface area contributed by atoms with Crippen molar-refractivity contribution >= 4 is 17.2 Å². The van der Waals surface area contributed by atoms with Crippen LogP contribution in [0.15, 0.2) is 72.9 Å². The molecule has 0 aliphatic heterocycles. The molecule has 0 amide bonds. The van der Waals surface area contributed by atoms with E-state index in [9.17, 15) is 4.79 Å². The summed E-state index contributed by atoms with van der Waals surface area (Å²) in [5, 5.41) is 3.35. The van der Waals surface area contributed by atoms with Crippen LogP contribution < -0.4 is 10.1 Å². The summed E-state index contributed by atoms with van der Waals surface area (Å²) in [6.45, 7) is 4.81. The van der Waals surface area contributed by atoms with Crippen LogP contribution in [0.2, 0.25) is 0 Å². The van der Waals surface area contributed by atoms with E-state index in [4.69, 9.17) is 4.74 Å². The molecule has 0 fully saturated rings. The number of hydrogen-bond donors (Lipinski definition) is 1. The lowest BCUT2D eigenvalue weighted by molar-refractivity contribution is 0.0978. The van der Waals surface area contributed by atoms with Gasteiger partial charge in [-0.1, -0.05) is 38.5 Å². The van der Waals surface area contributed by atoms with Crippen LogP contribution in [-0.2, 0) is 6.61 Å². The Kier molecular flexibility index (Phi) is 7.40. The van der Waals surface area contributed by atoms with E-state index in [1.807, 2.05) is 66.7 Å². The molecule has 4 nitrogen and oxygen atoms in total. The van der Waals surface area contributed by atoms with Crippen LogP contribution in [0.5, 0.6) is 5.75 Å². The van der Waals surface area contributed by atoms with Crippen molar-refractivity contribution in [1.82, 2.24) is 4.98 Å². The van der Waals surface area contributed by atoms with Crippen LogP contribution in [0.25, 0.3) is 0 Å². The third-order valence-corrected chi connectivity index (χ3v) is 4.63. The Hall–Kier alpha value is -3.14. The van der Waals surface area contributed by atoms with Crippen LogP contribution in [-0.4, -0.2) is 10.8 Å². The molecule has 150 valence electrons. The van der Waals surface area contributed by atoms with E-state index < -0.39 is 0 Å². The third kappa shape index (κ3) is 6.75. The highest BCUT2D eigenvalue weighted by molar-refractivity contribution is 5.97. The third-order valence-electron chi connectivity index (χ3n) is 4.63. The molecule has 0 radical (unpaired) electrons. The number of ketones is 1. The van der Waals surface area contributed by atoms with Crippen LogP contribution in [0.3, 0.4) is 0 Å². The lowest BCUT2D eigenvalue weighted by Crippen LogP contribution is -2.01. The van der Waals surface area contributed by atoms with Gasteiger partial charge in [0, 0.05) is 29.6 Å². The molecular formula is C25H28N2O2. The summed E-state index contributed by atoms with van der Waals surface area (Å²) >= 11 is 0. The number of ether oxygens (including phenoxy) is 1. The monoisotopic (exact) mass is 388 g/mol. The summed E-state index contributed by atoms with van der Waals surface area (Å²) in [6, 6.07) is 21.2. The van der Waals surface area contributed by atoms with E-state index >= 15 is 0 Å². The second kappa shape index (κ2) is 10.4. The molecule has 0 saturated heterocycles. The maximum absolute atomic E-state index is 12.4. The number of pyridine rings is 1. The molecule has 0 aliphatic rings. The first-order chi connectivity index (χ1) is 14.1. The fraction of sp³-hybridized carbons (Fsp3) is 0.280. The molecule has 1 N–H and O–H groups in total. The number of carbonyl (C=O) groups excluding carboxylic acids is 1. The van der Waals surface area contributed by atoms with E-state index in [1.165, 1.54) is 0 Å². The van der Waals surface area contributed by atoms with Gasteiger partial charge < -0.3 is 10.1 Å². The molecule has 0 aliphatic carbocycles. The van der Waals surface area contributed by atoms with Gasteiger partial charge in [-0.25, -0.2) is 0 Å². The standard InChI is InChI=1S/C25H28N2O2/c1-19(2)7-5-11-25(28)20-8-6-10-22(17-20)27-21-12-14-24(15-13-21)29-18-23-9-3-4-16-26-23/h3-4,6,8-10,12-17,19,27H,5,7,11,18H2,1-2H3. The van der Waals surface area contributed by atoms with Gasteiger partial charge in [-0.15, -0.1) is 0 Å². The minimum atomic E-state index is 0.201. The molecule has 0 unspecified atom stereocenters. The number of benzene rings is 2. The zero-order valence-electron chi connectivity index (χ0n) is 17.1. The quantitative estimate of drug-likeness (QED) is 0.408. The van der Waals surface area contributed by atoms with Gasteiger partial charge in [0.05, 0.1) is 5.69 Å². The van der Waals surface area contributed by atoms with Gasteiger partial charge in [-0.2, -0.15) is 0 Å². The maximum Gasteiger partial charge on any atom is 0.162 e. The molecular weight excluding hydrogens is 360 g/mol. The van der Waals surface area contributed by atoms with Gasteiger partial charge in [0.1, 0.15) is 12.4 Å². The molecule has 0 spiro atoms. The van der Waals surface area contributed by atoms with E-state index in [0.29, 0.717) is 18.9 Å². The van der Waals surface area contributed by atoms with Crippen molar-refractivity contribution in [2.24, 2.45) is 5.92 Å². The summed E-state index contributed by atoms with van der Waals surface area (Å²) in [5.74, 6) is 1.62. The molecule has 1 aromatic heterocycles. The predicted molar refractivity (Wildman–Crippen MR) is 118 cm³/mol. The molecule has 3 rings (SSSR count). The fourth-order valence-corrected chi connectivity index (χ4v) is 3.03. The van der Waals surface area contributed by atoms with Crippen molar-refractivity contribution in [3.63, 3.8) is 0 Å². The Balaban J connectivity index is 1.55. The number of hydrogen-bond acceptors (Lipinski definition) is 4. The van der Waals surface area contributed by atoms with Gasteiger partial charge in [0.2, 0.25) is 0 Å². The summed E-state index contributed by atoms with van der Waals surface area (Å²) in [4.78, 5) is 16.7. The van der Waals surface area contributed by atoms with Crippen LogP contribution in [0.4, 0.5) is 11.4 Å². The molecule has 2 aromatic carbocycles. The number of anilines is 2. The lowest BCUT2D eigenvalue weighted by atomic mass is 10.0. The number of carbonyl (C=O) groups is 1. The second-order valence-corrected chi connectivity index (χ2v) is 7.55. The van der Waals surface area contributed by atoms with Gasteiger partial charge in [0.15, 0.2) is 5.78 Å². The topological polar surface area (TPSA) is 51.2 Å². The largest absolute Gasteiger partial charge is 0.487 e. The average Bonchev–Trinajstić information content (AvgIpc) is 2.74. The van der Waals surface area contributed by atoms with Gasteiger partial charge in [-0.3, -0.25) is 9.78 Å². The SMILES string of the molecule is CC(C)CCCC(=O)c1cccc(Nc2ccc(OCc3ccccn3)cc2)c1. The molecule has 0 bridgehead atoms. The smallest absolute Gasteiger partial charge is 0.162 e. The van der Waals surface area contributed by atoms with Crippen molar-refractivity contribution < 1.29 is 9.53 Å². The lowest BCUT2D eigenvalue weighted by Gasteiger charge is -2.10.